The Morgan fingerprint density at radius 3 is 1.78 bits per heavy atom. The van der Waals surface area contributed by atoms with Gasteiger partial charge in [-0.05, 0) is 38.8 Å². The van der Waals surface area contributed by atoms with E-state index >= 15 is 0 Å². The quantitative estimate of drug-likeness (QED) is 0.0790. The third kappa shape index (κ3) is 8.36. The molecule has 1 aromatic heterocycles. The van der Waals surface area contributed by atoms with E-state index in [-0.39, 0.29) is 25.0 Å². The predicted octanol–water partition coefficient (Wildman–Crippen LogP) is -3.94. The minimum Gasteiger partial charge on any atom is -0.394 e. The van der Waals surface area contributed by atoms with Gasteiger partial charge < -0.3 is 56.0 Å². The van der Waals surface area contributed by atoms with E-state index in [1.807, 2.05) is 32.0 Å². The fourth-order valence-corrected chi connectivity index (χ4v) is 6.21. The number of aryl methyl sites for hydroxylation is 2. The second kappa shape index (κ2) is 16.5. The van der Waals surface area contributed by atoms with Crippen molar-refractivity contribution >= 4 is 16.9 Å². The summed E-state index contributed by atoms with van der Waals surface area (Å²) in [5, 5.41) is 100.0. The molecule has 1 amide bonds. The molecule has 0 aliphatic carbocycles. The Bertz CT molecular complexity index is 1210. The number of aliphatic hydroxyl groups is 10. The van der Waals surface area contributed by atoms with Crippen molar-refractivity contribution in [2.24, 2.45) is 0 Å². The lowest BCUT2D eigenvalue weighted by molar-refractivity contribution is -0.674. The van der Waals surface area contributed by atoms with Gasteiger partial charge in [-0.3, -0.25) is 9.69 Å². The van der Waals surface area contributed by atoms with Crippen LogP contribution in [-0.2, 0) is 13.1 Å². The smallest absolute Gasteiger partial charge is 0.254 e. The van der Waals surface area contributed by atoms with Crippen LogP contribution in [0.4, 0.5) is 0 Å². The van der Waals surface area contributed by atoms with Gasteiger partial charge in [-0.25, -0.2) is 9.13 Å². The van der Waals surface area contributed by atoms with Crippen LogP contribution in [-0.4, -0.2) is 166 Å². The predicted molar refractivity (Wildman–Crippen MR) is 161 cm³/mol. The molecule has 1 fully saturated rings. The molecule has 1 aliphatic rings. The first-order valence-corrected chi connectivity index (χ1v) is 15.5. The van der Waals surface area contributed by atoms with Gasteiger partial charge in [0.05, 0.1) is 38.5 Å². The fourth-order valence-electron chi connectivity index (χ4n) is 6.21. The molecule has 2 heterocycles. The highest BCUT2D eigenvalue weighted by Gasteiger charge is 2.37. The fraction of sp³-hybridized carbons (Fsp3) is 0.733. The molecule has 1 saturated heterocycles. The number of aromatic nitrogens is 2. The molecule has 256 valence electrons. The Labute approximate surface area is 262 Å². The van der Waals surface area contributed by atoms with Gasteiger partial charge in [0.15, 0.2) is 11.0 Å². The van der Waals surface area contributed by atoms with Crippen molar-refractivity contribution < 1.29 is 60.4 Å². The van der Waals surface area contributed by atoms with E-state index in [0.29, 0.717) is 31.5 Å². The molecule has 0 radical (unpaired) electrons. The summed E-state index contributed by atoms with van der Waals surface area (Å²) in [6.45, 7) is 5.94. The third-order valence-electron chi connectivity index (χ3n) is 8.98. The lowest BCUT2D eigenvalue weighted by Gasteiger charge is -2.41. The van der Waals surface area contributed by atoms with Crippen LogP contribution in [0.25, 0.3) is 11.0 Å². The third-order valence-corrected chi connectivity index (χ3v) is 8.98. The molecular weight excluding hydrogens is 592 g/mol. The van der Waals surface area contributed by atoms with Crippen LogP contribution >= 0.6 is 0 Å². The molecule has 15 heteroatoms. The van der Waals surface area contributed by atoms with Gasteiger partial charge in [0.25, 0.3) is 11.7 Å². The van der Waals surface area contributed by atoms with Crippen LogP contribution in [0.1, 0.15) is 42.9 Å². The van der Waals surface area contributed by atoms with Crippen molar-refractivity contribution in [3.05, 3.63) is 29.6 Å². The van der Waals surface area contributed by atoms with Gasteiger partial charge in [0.2, 0.25) is 0 Å². The summed E-state index contributed by atoms with van der Waals surface area (Å²) in [4.78, 5) is 16.8. The van der Waals surface area contributed by atoms with Crippen molar-refractivity contribution in [3.8, 4) is 0 Å². The Kier molecular flexibility index (Phi) is 13.6. The average molecular weight is 644 g/mol. The van der Waals surface area contributed by atoms with E-state index in [4.69, 9.17) is 10.2 Å². The number of piperidine rings is 1. The molecule has 45 heavy (non-hydrogen) atoms. The number of nitrogens with zero attached hydrogens (tertiary/aromatic N) is 4. The summed E-state index contributed by atoms with van der Waals surface area (Å²) in [6.07, 6.45) is -13.5. The number of amides is 1. The maximum Gasteiger partial charge on any atom is 0.254 e. The highest BCUT2D eigenvalue weighted by atomic mass is 16.4. The van der Waals surface area contributed by atoms with Crippen LogP contribution in [0.15, 0.2) is 18.2 Å². The zero-order chi connectivity index (χ0) is 33.6. The molecule has 10 N–H and O–H groups in total. The summed E-state index contributed by atoms with van der Waals surface area (Å²) in [5.41, 5.74) is 2.54. The maximum absolute atomic E-state index is 13.6. The Hall–Kier alpha value is -2.28. The number of hydrogen-bond acceptors (Lipinski definition) is 12. The molecule has 15 nitrogen and oxygen atoms in total. The number of carbonyl (C=O) groups is 1. The topological polar surface area (TPSA) is 235 Å². The SMILES string of the molecule is CCn1c(C)[n+](CC)c2ccc(C(=O)N3CCC(N(C[C@H](O)[C@@H](O)[C@H](O)[C@H](O)CO)C[C@H](O)[C@@H](O)[C@H](O)[C@H](O)CO)CC3)cc21. The standard InChI is InChI=1S/C30H51N4O11/c1-4-33-17(3)34(5-2)21-12-18(6-7-20(21)33)30(45)31-10-8-19(9-11-31)32(13-22(37)26(41)28(43)24(39)15-35)14-23(38)27(42)29(44)25(40)16-36/h6-7,12,19,22-29,35-44H,4-5,8-11,13-16H2,1-3H3/q+1/t22-,23-,24+,25+,26+,27+,28+,29+/m0/s1. The molecule has 1 aromatic carbocycles. The number of hydrogen-bond donors (Lipinski definition) is 10. The first-order valence-electron chi connectivity index (χ1n) is 15.5. The number of aliphatic hydroxyl groups excluding tert-OH is 10. The largest absolute Gasteiger partial charge is 0.394 e. The first-order chi connectivity index (χ1) is 21.3. The molecule has 2 aromatic rings. The monoisotopic (exact) mass is 643 g/mol. The van der Waals surface area contributed by atoms with Crippen molar-refractivity contribution in [1.29, 1.82) is 0 Å². The van der Waals surface area contributed by atoms with E-state index in [0.717, 1.165) is 29.9 Å². The van der Waals surface area contributed by atoms with Gasteiger partial charge in [-0.1, -0.05) is 0 Å². The molecule has 0 saturated carbocycles. The van der Waals surface area contributed by atoms with E-state index in [2.05, 4.69) is 16.1 Å². The molecular formula is C30H51N4O11+. The zero-order valence-corrected chi connectivity index (χ0v) is 26.2. The van der Waals surface area contributed by atoms with Crippen LogP contribution in [0.3, 0.4) is 0 Å². The number of fused-ring (bicyclic) bond motifs is 1. The second-order valence-corrected chi connectivity index (χ2v) is 11.8. The van der Waals surface area contributed by atoms with Gasteiger partial charge in [0.1, 0.15) is 36.6 Å². The van der Waals surface area contributed by atoms with Gasteiger partial charge in [-0.15, -0.1) is 0 Å². The summed E-state index contributed by atoms with van der Waals surface area (Å²) < 4.78 is 4.35. The number of carbonyl (C=O) groups excluding carboxylic acids is 1. The Morgan fingerprint density at radius 2 is 1.33 bits per heavy atom. The molecule has 0 spiro atoms. The summed E-state index contributed by atoms with van der Waals surface area (Å²) in [6, 6.07) is 5.27. The Morgan fingerprint density at radius 1 is 0.844 bits per heavy atom. The van der Waals surface area contributed by atoms with Crippen LogP contribution in [0, 0.1) is 6.92 Å². The van der Waals surface area contributed by atoms with Crippen molar-refractivity contribution in [3.63, 3.8) is 0 Å². The van der Waals surface area contributed by atoms with Gasteiger partial charge >= 0.3 is 0 Å². The van der Waals surface area contributed by atoms with E-state index < -0.39 is 62.0 Å². The van der Waals surface area contributed by atoms with Crippen LogP contribution < -0.4 is 4.57 Å². The normalized spacial score (nSPS) is 20.2. The molecule has 0 unspecified atom stereocenters. The first kappa shape index (κ1) is 37.2. The number of benzene rings is 1. The summed E-state index contributed by atoms with van der Waals surface area (Å²) >= 11 is 0. The van der Waals surface area contributed by atoms with Gasteiger partial charge in [0, 0.05) is 50.8 Å². The number of imidazole rings is 1. The van der Waals surface area contributed by atoms with Crippen molar-refractivity contribution in [2.75, 3.05) is 39.4 Å². The lowest BCUT2D eigenvalue weighted by Crippen LogP contribution is -2.56. The van der Waals surface area contributed by atoms with Crippen LogP contribution in [0.2, 0.25) is 0 Å². The number of likely N-dealkylation sites (tertiary alicyclic amines) is 1. The highest BCUT2D eigenvalue weighted by Crippen LogP contribution is 2.23. The minimum atomic E-state index is -1.87. The van der Waals surface area contributed by atoms with E-state index in [1.165, 1.54) is 4.90 Å². The van der Waals surface area contributed by atoms with Crippen molar-refractivity contribution in [1.82, 2.24) is 14.4 Å². The molecule has 1 aliphatic heterocycles. The molecule has 3 rings (SSSR count). The van der Waals surface area contributed by atoms with Crippen LogP contribution in [0.5, 0.6) is 0 Å². The minimum absolute atomic E-state index is 0.153. The summed E-state index contributed by atoms with van der Waals surface area (Å²) in [7, 11) is 0. The molecule has 8 atom stereocenters. The second-order valence-electron chi connectivity index (χ2n) is 11.8. The van der Waals surface area contributed by atoms with E-state index in [9.17, 15) is 45.6 Å². The Balaban J connectivity index is 1.76. The zero-order valence-electron chi connectivity index (χ0n) is 26.2. The van der Waals surface area contributed by atoms with Crippen molar-refractivity contribution in [2.45, 2.75) is 102 Å². The number of rotatable bonds is 16. The lowest BCUT2D eigenvalue weighted by atomic mass is 9.97. The molecule has 0 bridgehead atoms. The highest BCUT2D eigenvalue weighted by molar-refractivity contribution is 5.97. The van der Waals surface area contributed by atoms with Gasteiger partial charge in [-0.2, -0.15) is 0 Å². The summed E-state index contributed by atoms with van der Waals surface area (Å²) in [5.74, 6) is 0.941. The maximum atomic E-state index is 13.6. The van der Waals surface area contributed by atoms with E-state index in [1.54, 1.807) is 4.90 Å². The average Bonchev–Trinajstić information content (AvgIpc) is 3.34.